The van der Waals surface area contributed by atoms with Gasteiger partial charge in [-0.3, -0.25) is 4.99 Å². The smallest absolute Gasteiger partial charge is 0.130 e. The summed E-state index contributed by atoms with van der Waals surface area (Å²) in [5.74, 6) is 0.413. The molecule has 7 aromatic carbocycles. The zero-order valence-electron chi connectivity index (χ0n) is 26.6. The molecule has 0 radical (unpaired) electrons. The number of phenols is 2. The Bertz CT molecular complexity index is 2650. The molecule has 1 heterocycles. The Morgan fingerprint density at radius 3 is 1.80 bits per heavy atom. The fraction of sp³-hybridized carbons (Fsp3) is 0.0222. The summed E-state index contributed by atoms with van der Waals surface area (Å²) in [6.45, 7) is 0. The Labute approximate surface area is 303 Å². The number of benzene rings is 7. The van der Waals surface area contributed by atoms with E-state index in [2.05, 4.69) is 91.0 Å². The maximum atomic E-state index is 12.7. The first-order valence-corrected chi connectivity index (χ1v) is 16.5. The van der Waals surface area contributed by atoms with Gasteiger partial charge in [0.25, 0.3) is 0 Å². The number of aliphatic imine (C=N–C) groups is 1. The molecular formula is C45H28N2O2Pt. The van der Waals surface area contributed by atoms with Gasteiger partial charge in [0.2, 0.25) is 0 Å². The summed E-state index contributed by atoms with van der Waals surface area (Å²) in [5.41, 5.74) is 10.9. The zero-order valence-corrected chi connectivity index (χ0v) is 28.9. The molecule has 1 spiro atoms. The number of hydrogen-bond donors (Lipinski definition) is 2. The zero-order chi connectivity index (χ0) is 32.7. The van der Waals surface area contributed by atoms with Crippen molar-refractivity contribution >= 4 is 33.4 Å². The molecule has 1 aromatic heterocycles. The standard InChI is InChI=1S/C45H28N2O2.Pt/c48-40-22-10-13-27-12-9-21-39(41(27)40)46-26-29-25-28-11-1-2-14-30(28)43(47-29)35-24-23-34-33-17-5-8-20-38(33)45(42(34)44(35)49)36-18-6-3-15-31(36)32-16-4-7-19-37(32)45;/h1-26,48-49H;. The normalized spacial score (nSPS) is 13.3. The summed E-state index contributed by atoms with van der Waals surface area (Å²) in [6, 6.07) is 51.3. The van der Waals surface area contributed by atoms with Gasteiger partial charge in [0, 0.05) is 43.0 Å². The maximum Gasteiger partial charge on any atom is 0.130 e. The summed E-state index contributed by atoms with van der Waals surface area (Å²) in [7, 11) is 0. The van der Waals surface area contributed by atoms with Crippen LogP contribution >= 0.6 is 0 Å². The molecule has 0 saturated carbocycles. The summed E-state index contributed by atoms with van der Waals surface area (Å²) < 4.78 is 0. The van der Waals surface area contributed by atoms with E-state index in [1.807, 2.05) is 54.6 Å². The number of aromatic nitrogens is 1. The molecule has 2 aliphatic rings. The number of fused-ring (bicyclic) bond motifs is 12. The second-order valence-corrected chi connectivity index (χ2v) is 12.8. The molecule has 10 rings (SSSR count). The fourth-order valence-electron chi connectivity index (χ4n) is 8.40. The van der Waals surface area contributed by atoms with Crippen LogP contribution in [0.25, 0.3) is 55.1 Å². The summed E-state index contributed by atoms with van der Waals surface area (Å²) in [5, 5.41) is 26.9. The van der Waals surface area contributed by atoms with Gasteiger partial charge in [-0.15, -0.1) is 0 Å². The van der Waals surface area contributed by atoms with Crippen LogP contribution in [0.4, 0.5) is 5.69 Å². The van der Waals surface area contributed by atoms with E-state index in [9.17, 15) is 10.2 Å². The van der Waals surface area contributed by atoms with Crippen molar-refractivity contribution in [3.05, 3.63) is 180 Å². The van der Waals surface area contributed by atoms with Gasteiger partial charge in [-0.2, -0.15) is 0 Å². The van der Waals surface area contributed by atoms with Crippen molar-refractivity contribution in [1.82, 2.24) is 4.98 Å². The minimum absolute atomic E-state index is 0. The summed E-state index contributed by atoms with van der Waals surface area (Å²) >= 11 is 0. The molecule has 0 bridgehead atoms. The molecule has 0 saturated heterocycles. The van der Waals surface area contributed by atoms with Crippen molar-refractivity contribution in [1.29, 1.82) is 0 Å². The molecule has 2 N–H and O–H groups in total. The van der Waals surface area contributed by atoms with Crippen molar-refractivity contribution in [2.45, 2.75) is 5.41 Å². The van der Waals surface area contributed by atoms with E-state index < -0.39 is 5.41 Å². The molecular weight excluding hydrogens is 796 g/mol. The average molecular weight is 824 g/mol. The van der Waals surface area contributed by atoms with Gasteiger partial charge in [0.15, 0.2) is 0 Å². The van der Waals surface area contributed by atoms with Crippen LogP contribution in [0.15, 0.2) is 157 Å². The number of phenolic OH excluding ortho intramolecular Hbond substituents is 2. The second kappa shape index (κ2) is 11.4. The van der Waals surface area contributed by atoms with Gasteiger partial charge in [0.05, 0.1) is 28.7 Å². The molecule has 0 unspecified atom stereocenters. The molecule has 240 valence electrons. The number of aromatic hydroxyl groups is 2. The monoisotopic (exact) mass is 823 g/mol. The van der Waals surface area contributed by atoms with E-state index in [4.69, 9.17) is 9.98 Å². The van der Waals surface area contributed by atoms with E-state index in [0.29, 0.717) is 28.0 Å². The summed E-state index contributed by atoms with van der Waals surface area (Å²) in [4.78, 5) is 9.97. The Morgan fingerprint density at radius 1 is 0.540 bits per heavy atom. The van der Waals surface area contributed by atoms with Gasteiger partial charge in [-0.1, -0.05) is 127 Å². The Kier molecular flexibility index (Phi) is 6.88. The second-order valence-electron chi connectivity index (χ2n) is 12.8. The van der Waals surface area contributed by atoms with Crippen molar-refractivity contribution in [3.8, 4) is 45.0 Å². The van der Waals surface area contributed by atoms with Gasteiger partial charge in [-0.25, -0.2) is 4.98 Å². The number of nitrogens with zero attached hydrogens (tertiary/aromatic N) is 2. The van der Waals surface area contributed by atoms with Crippen LogP contribution in [0.1, 0.15) is 27.9 Å². The molecule has 0 atom stereocenters. The number of pyridine rings is 1. The van der Waals surface area contributed by atoms with Gasteiger partial charge < -0.3 is 10.2 Å². The van der Waals surface area contributed by atoms with Crippen molar-refractivity contribution in [2.24, 2.45) is 4.99 Å². The SMILES string of the molecule is Oc1c(-c2nc(C=Nc3cccc4cccc(O)c34)cc3ccccc23)ccc2c1C1(c3ccccc3-c3ccccc31)c1ccccc1-2.[Pt]. The quantitative estimate of drug-likeness (QED) is 0.175. The van der Waals surface area contributed by atoms with E-state index in [1.165, 1.54) is 27.8 Å². The topological polar surface area (TPSA) is 65.7 Å². The summed E-state index contributed by atoms with van der Waals surface area (Å²) in [6.07, 6.45) is 1.74. The predicted octanol–water partition coefficient (Wildman–Crippen LogP) is 10.6. The molecule has 4 nitrogen and oxygen atoms in total. The van der Waals surface area contributed by atoms with Crippen LogP contribution in [0.5, 0.6) is 11.5 Å². The van der Waals surface area contributed by atoms with E-state index in [-0.39, 0.29) is 32.6 Å². The van der Waals surface area contributed by atoms with E-state index >= 15 is 0 Å². The molecule has 0 fully saturated rings. The van der Waals surface area contributed by atoms with Crippen LogP contribution in [0.2, 0.25) is 0 Å². The van der Waals surface area contributed by atoms with Crippen LogP contribution in [-0.4, -0.2) is 21.4 Å². The third-order valence-electron chi connectivity index (χ3n) is 10.3. The van der Waals surface area contributed by atoms with Crippen molar-refractivity contribution in [2.75, 3.05) is 0 Å². The Balaban J connectivity index is 0.00000336. The maximum absolute atomic E-state index is 12.7. The van der Waals surface area contributed by atoms with Crippen LogP contribution in [0, 0.1) is 0 Å². The van der Waals surface area contributed by atoms with Crippen LogP contribution in [0.3, 0.4) is 0 Å². The first-order valence-electron chi connectivity index (χ1n) is 16.5. The first-order chi connectivity index (χ1) is 24.1. The Hall–Kier alpha value is -5.83. The minimum Gasteiger partial charge on any atom is -0.507 e. The van der Waals surface area contributed by atoms with Crippen LogP contribution < -0.4 is 0 Å². The van der Waals surface area contributed by atoms with Crippen LogP contribution in [-0.2, 0) is 26.5 Å². The molecule has 0 amide bonds. The molecule has 0 aliphatic heterocycles. The number of rotatable bonds is 3. The first kappa shape index (κ1) is 30.2. The van der Waals surface area contributed by atoms with Gasteiger partial charge >= 0.3 is 0 Å². The van der Waals surface area contributed by atoms with E-state index in [0.717, 1.165) is 32.8 Å². The fourth-order valence-corrected chi connectivity index (χ4v) is 8.40. The van der Waals surface area contributed by atoms with Gasteiger partial charge in [0.1, 0.15) is 11.5 Å². The molecule has 8 aromatic rings. The molecule has 50 heavy (non-hydrogen) atoms. The number of hydrogen-bond acceptors (Lipinski definition) is 4. The van der Waals surface area contributed by atoms with E-state index in [1.54, 1.807) is 12.3 Å². The van der Waals surface area contributed by atoms with Gasteiger partial charge in [-0.05, 0) is 74.0 Å². The third-order valence-corrected chi connectivity index (χ3v) is 10.3. The minimum atomic E-state index is -0.676. The molecule has 5 heteroatoms. The third kappa shape index (κ3) is 4.09. The van der Waals surface area contributed by atoms with Crippen molar-refractivity contribution < 1.29 is 31.3 Å². The van der Waals surface area contributed by atoms with Crippen molar-refractivity contribution in [3.63, 3.8) is 0 Å². The largest absolute Gasteiger partial charge is 0.507 e. The predicted molar refractivity (Wildman–Crippen MR) is 198 cm³/mol. The average Bonchev–Trinajstić information content (AvgIpc) is 3.62. The molecule has 2 aliphatic carbocycles. The Morgan fingerprint density at radius 2 is 1.10 bits per heavy atom.